The number of fused-ring (bicyclic) bond motifs is 1. The summed E-state index contributed by atoms with van der Waals surface area (Å²) in [6.07, 6.45) is 0. The van der Waals surface area contributed by atoms with Crippen LogP contribution in [0.1, 0.15) is 67.8 Å². The number of halogens is 1. The monoisotopic (exact) mass is 277 g/mol. The van der Waals surface area contributed by atoms with Crippen LogP contribution in [0.5, 0.6) is 0 Å². The Kier molecular flexibility index (Phi) is 3.04. The van der Waals surface area contributed by atoms with E-state index in [1.165, 1.54) is 17.0 Å². The van der Waals surface area contributed by atoms with E-state index < -0.39 is 22.7 Å². The Balaban J connectivity index is 2.64. The van der Waals surface area contributed by atoms with Gasteiger partial charge in [0.05, 0.1) is 11.1 Å². The van der Waals surface area contributed by atoms with Crippen molar-refractivity contribution >= 4 is 11.8 Å². The van der Waals surface area contributed by atoms with Crippen LogP contribution < -0.4 is 0 Å². The predicted molar refractivity (Wildman–Crippen MR) is 75.4 cm³/mol. The smallest absolute Gasteiger partial charge is 0.262 e. The van der Waals surface area contributed by atoms with Gasteiger partial charge in [-0.2, -0.15) is 0 Å². The first-order chi connectivity index (χ1) is 8.94. The Bertz CT molecular complexity index is 606. The lowest BCUT2D eigenvalue weighted by atomic mass is 9.85. The van der Waals surface area contributed by atoms with E-state index in [0.29, 0.717) is 11.1 Å². The third-order valence-corrected chi connectivity index (χ3v) is 3.45. The summed E-state index contributed by atoms with van der Waals surface area (Å²) in [5, 5.41) is 0. The highest BCUT2D eigenvalue weighted by Crippen LogP contribution is 2.34. The Morgan fingerprint density at radius 1 is 0.900 bits per heavy atom. The van der Waals surface area contributed by atoms with Crippen LogP contribution in [-0.2, 0) is 5.41 Å². The number of imide groups is 1. The van der Waals surface area contributed by atoms with E-state index in [1.54, 1.807) is 20.8 Å². The zero-order chi connectivity index (χ0) is 15.5. The van der Waals surface area contributed by atoms with E-state index in [4.69, 9.17) is 0 Å². The molecule has 0 aliphatic carbocycles. The molecule has 1 aliphatic rings. The highest BCUT2D eigenvalue weighted by molar-refractivity contribution is 6.21. The van der Waals surface area contributed by atoms with E-state index >= 15 is 0 Å². The summed E-state index contributed by atoms with van der Waals surface area (Å²) in [5.41, 5.74) is -0.122. The quantitative estimate of drug-likeness (QED) is 0.680. The van der Waals surface area contributed by atoms with Crippen molar-refractivity contribution in [2.24, 2.45) is 0 Å². The second-order valence-corrected chi connectivity index (χ2v) is 7.24. The van der Waals surface area contributed by atoms with Gasteiger partial charge in [0.15, 0.2) is 0 Å². The molecule has 2 rings (SSSR count). The second-order valence-electron chi connectivity index (χ2n) is 7.24. The Hall–Kier alpha value is -1.71. The van der Waals surface area contributed by atoms with Crippen molar-refractivity contribution in [3.8, 4) is 0 Å². The maximum atomic E-state index is 14.2. The molecule has 0 aromatic heterocycles. The molecule has 1 heterocycles. The standard InChI is InChI=1S/C16H20FNO2/c1-15(2,3)11-7-9-10(8-12(11)17)14(20)18(13(9)19)16(4,5)6/h7-8H,1-6H3. The highest BCUT2D eigenvalue weighted by atomic mass is 19.1. The lowest BCUT2D eigenvalue weighted by Gasteiger charge is -2.29. The van der Waals surface area contributed by atoms with Crippen LogP contribution in [0.2, 0.25) is 0 Å². The summed E-state index contributed by atoms with van der Waals surface area (Å²) in [7, 11) is 0. The lowest BCUT2D eigenvalue weighted by Crippen LogP contribution is -2.45. The minimum Gasteiger partial charge on any atom is -0.269 e. The molecule has 0 saturated carbocycles. The minimum absolute atomic E-state index is 0.162. The molecule has 1 aliphatic heterocycles. The van der Waals surface area contributed by atoms with Crippen LogP contribution in [0.3, 0.4) is 0 Å². The summed E-state index contributed by atoms with van der Waals surface area (Å²) in [4.78, 5) is 25.9. The fourth-order valence-corrected chi connectivity index (χ4v) is 2.44. The average molecular weight is 277 g/mol. The van der Waals surface area contributed by atoms with E-state index in [-0.39, 0.29) is 11.5 Å². The van der Waals surface area contributed by atoms with Gasteiger partial charge in [-0.25, -0.2) is 4.39 Å². The Labute approximate surface area is 118 Å². The Morgan fingerprint density at radius 2 is 1.35 bits per heavy atom. The number of rotatable bonds is 0. The van der Waals surface area contributed by atoms with Crippen LogP contribution in [0.25, 0.3) is 0 Å². The molecule has 0 N–H and O–H groups in total. The molecule has 108 valence electrons. The van der Waals surface area contributed by atoms with Gasteiger partial charge < -0.3 is 0 Å². The van der Waals surface area contributed by atoms with Crippen LogP contribution in [0, 0.1) is 5.82 Å². The molecule has 0 fully saturated rings. The van der Waals surface area contributed by atoms with Crippen molar-refractivity contribution in [3.05, 3.63) is 34.6 Å². The molecule has 1 aromatic rings. The first-order valence-corrected chi connectivity index (χ1v) is 6.67. The van der Waals surface area contributed by atoms with Crippen molar-refractivity contribution in [1.82, 2.24) is 4.90 Å². The molecule has 1 aromatic carbocycles. The van der Waals surface area contributed by atoms with Gasteiger partial charge in [-0.05, 0) is 43.9 Å². The summed E-state index contributed by atoms with van der Waals surface area (Å²) in [6.45, 7) is 11.0. The number of carbonyl (C=O) groups is 2. The van der Waals surface area contributed by atoms with Crippen LogP contribution >= 0.6 is 0 Å². The first-order valence-electron chi connectivity index (χ1n) is 6.67. The molecule has 0 unspecified atom stereocenters. The van der Waals surface area contributed by atoms with Crippen LogP contribution in [-0.4, -0.2) is 22.3 Å². The predicted octanol–water partition coefficient (Wildman–Crippen LogP) is 3.52. The van der Waals surface area contributed by atoms with E-state index in [9.17, 15) is 14.0 Å². The van der Waals surface area contributed by atoms with Gasteiger partial charge in [0.1, 0.15) is 5.82 Å². The van der Waals surface area contributed by atoms with Crippen molar-refractivity contribution in [2.75, 3.05) is 0 Å². The maximum absolute atomic E-state index is 14.2. The second kappa shape index (κ2) is 4.14. The molecule has 20 heavy (non-hydrogen) atoms. The first kappa shape index (κ1) is 14.7. The summed E-state index contributed by atoms with van der Waals surface area (Å²) < 4.78 is 14.2. The lowest BCUT2D eigenvalue weighted by molar-refractivity contribution is 0.0507. The third-order valence-electron chi connectivity index (χ3n) is 3.45. The van der Waals surface area contributed by atoms with Gasteiger partial charge in [0, 0.05) is 5.54 Å². The maximum Gasteiger partial charge on any atom is 0.262 e. The van der Waals surface area contributed by atoms with Gasteiger partial charge >= 0.3 is 0 Å². The van der Waals surface area contributed by atoms with Crippen molar-refractivity contribution in [2.45, 2.75) is 52.5 Å². The highest BCUT2D eigenvalue weighted by Gasteiger charge is 2.43. The molecule has 0 bridgehead atoms. The largest absolute Gasteiger partial charge is 0.269 e. The van der Waals surface area contributed by atoms with Crippen molar-refractivity contribution in [1.29, 1.82) is 0 Å². The van der Waals surface area contributed by atoms with Crippen molar-refractivity contribution in [3.63, 3.8) is 0 Å². The number of nitrogens with zero attached hydrogens (tertiary/aromatic N) is 1. The molecule has 0 spiro atoms. The van der Waals surface area contributed by atoms with E-state index in [1.807, 2.05) is 20.8 Å². The van der Waals surface area contributed by atoms with E-state index in [0.717, 1.165) is 0 Å². The normalized spacial score (nSPS) is 15.8. The zero-order valence-electron chi connectivity index (χ0n) is 12.8. The third kappa shape index (κ3) is 2.13. The van der Waals surface area contributed by atoms with Gasteiger partial charge in [0.2, 0.25) is 0 Å². The molecule has 2 amide bonds. The molecule has 3 nitrogen and oxygen atoms in total. The molecular formula is C16H20FNO2. The number of hydrogen-bond donors (Lipinski definition) is 0. The SMILES string of the molecule is CC(C)(C)c1cc2c(cc1F)C(=O)N(C(C)(C)C)C2=O. The zero-order valence-corrected chi connectivity index (χ0v) is 12.8. The Morgan fingerprint density at radius 3 is 1.75 bits per heavy atom. The molecule has 0 saturated heterocycles. The van der Waals surface area contributed by atoms with Crippen LogP contribution in [0.4, 0.5) is 4.39 Å². The fraction of sp³-hybridized carbons (Fsp3) is 0.500. The number of amides is 2. The summed E-state index contributed by atoms with van der Waals surface area (Å²) in [5.74, 6) is -1.20. The molecule has 4 heteroatoms. The number of hydrogen-bond acceptors (Lipinski definition) is 2. The van der Waals surface area contributed by atoms with Gasteiger partial charge in [-0.15, -0.1) is 0 Å². The molecule has 0 atom stereocenters. The number of carbonyl (C=O) groups excluding carboxylic acids is 2. The van der Waals surface area contributed by atoms with Gasteiger partial charge in [-0.1, -0.05) is 20.8 Å². The fourth-order valence-electron chi connectivity index (χ4n) is 2.44. The average Bonchev–Trinajstić information content (AvgIpc) is 2.47. The van der Waals surface area contributed by atoms with Crippen LogP contribution in [0.15, 0.2) is 12.1 Å². The van der Waals surface area contributed by atoms with E-state index in [2.05, 4.69) is 0 Å². The van der Waals surface area contributed by atoms with Crippen molar-refractivity contribution < 1.29 is 14.0 Å². The molecular weight excluding hydrogens is 257 g/mol. The summed E-state index contributed by atoms with van der Waals surface area (Å²) >= 11 is 0. The summed E-state index contributed by atoms with van der Waals surface area (Å²) in [6, 6.07) is 2.72. The number of benzene rings is 1. The van der Waals surface area contributed by atoms with Gasteiger partial charge in [0.25, 0.3) is 11.8 Å². The molecule has 0 radical (unpaired) electrons. The topological polar surface area (TPSA) is 37.4 Å². The van der Waals surface area contributed by atoms with Gasteiger partial charge in [-0.3, -0.25) is 14.5 Å². The minimum atomic E-state index is -0.619.